The Hall–Kier alpha value is -1.33. The van der Waals surface area contributed by atoms with Crippen LogP contribution < -0.4 is 0 Å². The van der Waals surface area contributed by atoms with Gasteiger partial charge < -0.3 is 23.1 Å². The van der Waals surface area contributed by atoms with Crippen molar-refractivity contribution in [1.82, 2.24) is 5.06 Å². The molecule has 1 aromatic rings. The molecule has 8 nitrogen and oxygen atoms in total. The molecule has 3 fully saturated rings. The lowest BCUT2D eigenvalue weighted by molar-refractivity contribution is -0.345. The van der Waals surface area contributed by atoms with Crippen LogP contribution in [-0.2, 0) is 27.6 Å². The van der Waals surface area contributed by atoms with Crippen molar-refractivity contribution >= 4 is 14.8 Å². The van der Waals surface area contributed by atoms with Gasteiger partial charge >= 0.3 is 14.8 Å². The van der Waals surface area contributed by atoms with Crippen LogP contribution in [0, 0.1) is 0 Å². The molecular weight excluding hydrogens is 490 g/mol. The van der Waals surface area contributed by atoms with E-state index in [0.717, 1.165) is 69.8 Å². The average molecular weight is 536 g/mol. The normalized spacial score (nSPS) is 24.7. The third-order valence-corrected chi connectivity index (χ3v) is 11.3. The number of hydrogen-bond donors (Lipinski definition) is 1. The average Bonchev–Trinajstić information content (AvgIpc) is 2.92. The first-order valence-corrected chi connectivity index (χ1v) is 15.8. The number of rotatable bonds is 10. The third kappa shape index (κ3) is 6.46. The number of carbonyl (C=O) groups excluding carboxylic acids is 1. The molecule has 2 saturated carbocycles. The van der Waals surface area contributed by atoms with Gasteiger partial charge in [0.1, 0.15) is 18.8 Å². The lowest BCUT2D eigenvalue weighted by Gasteiger charge is -2.61. The second kappa shape index (κ2) is 12.7. The smallest absolute Gasteiger partial charge is 0.462 e. The summed E-state index contributed by atoms with van der Waals surface area (Å²) in [5.74, 6) is -0.435. The van der Waals surface area contributed by atoms with Crippen LogP contribution >= 0.6 is 0 Å². The van der Waals surface area contributed by atoms with Crippen LogP contribution in [0.5, 0.6) is 0 Å². The number of carbonyl (C=O) groups is 1. The second-order valence-electron chi connectivity index (χ2n) is 11.1. The lowest BCUT2D eigenvalue weighted by Crippen LogP contribution is -2.67. The Balaban J connectivity index is 1.60. The highest BCUT2D eigenvalue weighted by Crippen LogP contribution is 2.52. The molecule has 1 N–H and O–H groups in total. The van der Waals surface area contributed by atoms with E-state index in [1.807, 2.05) is 30.3 Å². The number of aliphatic hydroxyl groups excluding tert-OH is 1. The summed E-state index contributed by atoms with van der Waals surface area (Å²) in [7, 11) is 1.36. The molecule has 1 atom stereocenters. The summed E-state index contributed by atoms with van der Waals surface area (Å²) in [6, 6.07) is 9.93. The fourth-order valence-corrected chi connectivity index (χ4v) is 8.31. The number of hydrogen-bond acceptors (Lipinski definition) is 8. The Bertz CT molecular complexity index is 817. The van der Waals surface area contributed by atoms with Gasteiger partial charge in [0.2, 0.25) is 0 Å². The first-order chi connectivity index (χ1) is 17.9. The lowest BCUT2D eigenvalue weighted by atomic mass is 9.66. The van der Waals surface area contributed by atoms with Crippen LogP contribution in [0.15, 0.2) is 30.3 Å². The molecular formula is C28H45NO7Si. The molecule has 3 aliphatic rings. The molecule has 0 bridgehead atoms. The molecule has 208 valence electrons. The Morgan fingerprint density at radius 2 is 1.43 bits per heavy atom. The molecule has 2 aliphatic carbocycles. The van der Waals surface area contributed by atoms with Gasteiger partial charge in [0, 0.05) is 32.4 Å². The molecule has 0 radical (unpaired) electrons. The standard InChI is InChI=1S/C28H45NO7Si/c1-32-37(33-2,34-3)22-26(31)35-21-25(23-13-7-4-8-14-23)36-29-27(15-9-5-10-16-27)19-24(30)20-28(29)17-11-6-12-18-28/h4,7-8,13-14,24-25,30H,5-6,9-12,15-22H2,1-3H3. The summed E-state index contributed by atoms with van der Waals surface area (Å²) in [5, 5.41) is 13.4. The summed E-state index contributed by atoms with van der Waals surface area (Å²) in [4.78, 5) is 19.9. The van der Waals surface area contributed by atoms with Crippen LogP contribution in [0.2, 0.25) is 6.04 Å². The number of piperidine rings is 1. The van der Waals surface area contributed by atoms with Crippen molar-refractivity contribution in [3.8, 4) is 0 Å². The van der Waals surface area contributed by atoms with Crippen LogP contribution in [-0.4, -0.2) is 70.1 Å². The van der Waals surface area contributed by atoms with Gasteiger partial charge in [-0.3, -0.25) is 9.63 Å². The van der Waals surface area contributed by atoms with E-state index in [4.69, 9.17) is 22.9 Å². The van der Waals surface area contributed by atoms with Crippen molar-refractivity contribution in [2.45, 2.75) is 106 Å². The largest absolute Gasteiger partial charge is 0.511 e. The molecule has 37 heavy (non-hydrogen) atoms. The summed E-state index contributed by atoms with van der Waals surface area (Å²) >= 11 is 0. The van der Waals surface area contributed by atoms with E-state index in [9.17, 15) is 9.90 Å². The Kier molecular flexibility index (Phi) is 9.83. The minimum Gasteiger partial charge on any atom is -0.462 e. The van der Waals surface area contributed by atoms with E-state index >= 15 is 0 Å². The van der Waals surface area contributed by atoms with Gasteiger partial charge in [-0.15, -0.1) is 0 Å². The van der Waals surface area contributed by atoms with E-state index < -0.39 is 20.9 Å². The highest BCUT2D eigenvalue weighted by molar-refractivity contribution is 6.63. The van der Waals surface area contributed by atoms with Crippen LogP contribution in [0.25, 0.3) is 0 Å². The minimum atomic E-state index is -3.10. The van der Waals surface area contributed by atoms with E-state index in [0.29, 0.717) is 0 Å². The van der Waals surface area contributed by atoms with Gasteiger partial charge in [-0.05, 0) is 44.1 Å². The zero-order valence-electron chi connectivity index (χ0n) is 22.8. The molecule has 1 aromatic carbocycles. The zero-order chi connectivity index (χ0) is 26.4. The summed E-state index contributed by atoms with van der Waals surface area (Å²) in [5.41, 5.74) is 0.593. The summed E-state index contributed by atoms with van der Waals surface area (Å²) in [6.45, 7) is 0.0791. The van der Waals surface area contributed by atoms with Gasteiger partial charge in [-0.25, -0.2) is 0 Å². The highest BCUT2D eigenvalue weighted by atomic mass is 28.4. The number of nitrogens with zero attached hydrogens (tertiary/aromatic N) is 1. The maximum absolute atomic E-state index is 12.9. The highest BCUT2D eigenvalue weighted by Gasteiger charge is 2.56. The fourth-order valence-electron chi connectivity index (χ4n) is 6.92. The van der Waals surface area contributed by atoms with E-state index in [1.54, 1.807) is 0 Å². The molecule has 4 rings (SSSR count). The predicted octanol–water partition coefficient (Wildman–Crippen LogP) is 4.94. The minimum absolute atomic E-state index is 0.0677. The molecule has 1 saturated heterocycles. The van der Waals surface area contributed by atoms with Crippen LogP contribution in [0.1, 0.15) is 88.7 Å². The Labute approximate surface area is 222 Å². The molecule has 1 aliphatic heterocycles. The number of ether oxygens (including phenoxy) is 1. The molecule has 0 amide bonds. The van der Waals surface area contributed by atoms with Gasteiger partial charge in [0.25, 0.3) is 0 Å². The van der Waals surface area contributed by atoms with E-state index in [2.05, 4.69) is 5.06 Å². The van der Waals surface area contributed by atoms with Crippen molar-refractivity contribution < 1.29 is 32.8 Å². The number of aliphatic hydroxyl groups is 1. The quantitative estimate of drug-likeness (QED) is 0.333. The van der Waals surface area contributed by atoms with E-state index in [-0.39, 0.29) is 29.8 Å². The number of hydroxylamine groups is 2. The van der Waals surface area contributed by atoms with Crippen molar-refractivity contribution in [2.75, 3.05) is 27.9 Å². The van der Waals surface area contributed by atoms with Gasteiger partial charge in [-0.1, -0.05) is 68.9 Å². The SMILES string of the molecule is CO[Si](CC(=O)OCC(ON1C2(CCCCC2)CC(O)CC12CCCCC2)c1ccccc1)(OC)OC. The van der Waals surface area contributed by atoms with Crippen molar-refractivity contribution in [2.24, 2.45) is 0 Å². The third-order valence-electron chi connectivity index (χ3n) is 8.75. The van der Waals surface area contributed by atoms with Crippen LogP contribution in [0.3, 0.4) is 0 Å². The predicted molar refractivity (Wildman–Crippen MR) is 142 cm³/mol. The zero-order valence-corrected chi connectivity index (χ0v) is 23.8. The maximum atomic E-state index is 12.9. The molecule has 9 heteroatoms. The van der Waals surface area contributed by atoms with E-state index in [1.165, 1.54) is 34.2 Å². The topological polar surface area (TPSA) is 86.7 Å². The Morgan fingerprint density at radius 3 is 1.92 bits per heavy atom. The van der Waals surface area contributed by atoms with Gasteiger partial charge in [0.05, 0.1) is 6.10 Å². The number of esters is 1. The monoisotopic (exact) mass is 535 g/mol. The maximum Gasteiger partial charge on any atom is 0.511 e. The Morgan fingerprint density at radius 1 is 0.919 bits per heavy atom. The second-order valence-corrected chi connectivity index (χ2v) is 14.0. The summed E-state index contributed by atoms with van der Waals surface area (Å²) in [6.07, 6.45) is 11.8. The first-order valence-electron chi connectivity index (χ1n) is 13.9. The van der Waals surface area contributed by atoms with Gasteiger partial charge in [0.15, 0.2) is 0 Å². The molecule has 2 spiro atoms. The molecule has 1 heterocycles. The van der Waals surface area contributed by atoms with Gasteiger partial charge in [-0.2, -0.15) is 5.06 Å². The van der Waals surface area contributed by atoms with Crippen molar-refractivity contribution in [3.05, 3.63) is 35.9 Å². The molecule has 0 aromatic heterocycles. The molecule has 1 unspecified atom stereocenters. The fraction of sp³-hybridized carbons (Fsp3) is 0.750. The van der Waals surface area contributed by atoms with Crippen molar-refractivity contribution in [1.29, 1.82) is 0 Å². The van der Waals surface area contributed by atoms with Crippen LogP contribution in [0.4, 0.5) is 0 Å². The first kappa shape index (κ1) is 28.7. The number of benzene rings is 1. The van der Waals surface area contributed by atoms with Crippen molar-refractivity contribution in [3.63, 3.8) is 0 Å². The summed E-state index contributed by atoms with van der Waals surface area (Å²) < 4.78 is 22.0.